The molecule has 1 saturated heterocycles. The monoisotopic (exact) mass is 474 g/mol. The van der Waals surface area contributed by atoms with Gasteiger partial charge in [-0.1, -0.05) is 29.6 Å². The molecule has 0 bridgehead atoms. The van der Waals surface area contributed by atoms with Crippen molar-refractivity contribution < 1.29 is 27.8 Å². The molecule has 0 unspecified atom stereocenters. The Bertz CT molecular complexity index is 1030. The van der Waals surface area contributed by atoms with Crippen LogP contribution in [0.3, 0.4) is 0 Å². The normalized spacial score (nSPS) is 14.9. The van der Waals surface area contributed by atoms with Gasteiger partial charge in [0.15, 0.2) is 5.75 Å². The molecule has 0 spiro atoms. The second-order valence-corrected chi connectivity index (χ2v) is 9.09. The van der Waals surface area contributed by atoms with Gasteiger partial charge in [0.25, 0.3) is 0 Å². The Balaban J connectivity index is 1.84. The van der Waals surface area contributed by atoms with E-state index >= 15 is 0 Å². The van der Waals surface area contributed by atoms with Crippen molar-refractivity contribution in [1.82, 2.24) is 4.31 Å². The number of ether oxygens (including phenoxy) is 2. The van der Waals surface area contributed by atoms with Crippen molar-refractivity contribution in [1.29, 1.82) is 0 Å². The van der Waals surface area contributed by atoms with Crippen LogP contribution in [0.4, 0.5) is 5.69 Å². The first-order chi connectivity index (χ1) is 14.2. The van der Waals surface area contributed by atoms with E-state index in [0.29, 0.717) is 13.1 Å². The molecule has 0 aliphatic carbocycles. The highest BCUT2D eigenvalue weighted by Crippen LogP contribution is 2.39. The minimum atomic E-state index is -3.82. The molecule has 1 aliphatic rings. The van der Waals surface area contributed by atoms with Crippen LogP contribution < -0.4 is 9.46 Å². The molecule has 2 N–H and O–H groups in total. The van der Waals surface area contributed by atoms with Gasteiger partial charge in [-0.15, -0.1) is 0 Å². The molecule has 8 nitrogen and oxygen atoms in total. The van der Waals surface area contributed by atoms with E-state index in [1.165, 1.54) is 41.7 Å². The predicted octanol–water partition coefficient (Wildman–Crippen LogP) is 4.42. The summed E-state index contributed by atoms with van der Waals surface area (Å²) in [5, 5.41) is 10.2. The summed E-state index contributed by atoms with van der Waals surface area (Å²) in [6.45, 7) is 0.841. The minimum Gasteiger partial charge on any atom is -0.506 e. The highest BCUT2D eigenvalue weighted by Gasteiger charge is 2.25. The van der Waals surface area contributed by atoms with Crippen LogP contribution in [-0.2, 0) is 14.9 Å². The lowest BCUT2D eigenvalue weighted by atomic mass is 10.2. The lowest BCUT2D eigenvalue weighted by molar-refractivity contribution is 0.0600. The van der Waals surface area contributed by atoms with Gasteiger partial charge < -0.3 is 14.6 Å². The number of carbonyl (C=O) groups excluding carboxylic acids is 1. The summed E-state index contributed by atoms with van der Waals surface area (Å²) in [6.07, 6.45) is 2.56. The number of anilines is 1. The van der Waals surface area contributed by atoms with E-state index in [4.69, 9.17) is 27.9 Å². The van der Waals surface area contributed by atoms with E-state index < -0.39 is 16.2 Å². The number of hydrogen-bond donors (Lipinski definition) is 2. The van der Waals surface area contributed by atoms with Crippen molar-refractivity contribution in [3.8, 4) is 17.2 Å². The third kappa shape index (κ3) is 5.10. The van der Waals surface area contributed by atoms with Crippen LogP contribution in [0.5, 0.6) is 17.2 Å². The average Bonchev–Trinajstić information content (AvgIpc) is 2.72. The standard InChI is InChI=1S/C19H20Cl2N2O6S/c1-28-19(25)12-9-14(20)18(15(21)10-12)29-13-5-6-17(24)16(11-13)22-30(26,27)23-7-3-2-4-8-23/h5-6,9-11,22,24H,2-4,7-8H2,1H3. The Labute approximate surface area is 184 Å². The smallest absolute Gasteiger partial charge is 0.337 e. The maximum Gasteiger partial charge on any atom is 0.337 e. The van der Waals surface area contributed by atoms with Crippen LogP contribution >= 0.6 is 23.2 Å². The molecule has 3 rings (SSSR count). The molecule has 1 aliphatic heterocycles. The first kappa shape index (κ1) is 22.5. The Morgan fingerprint density at radius 3 is 2.33 bits per heavy atom. The summed E-state index contributed by atoms with van der Waals surface area (Å²) in [7, 11) is -2.59. The van der Waals surface area contributed by atoms with Crippen LogP contribution in [0.2, 0.25) is 10.0 Å². The highest BCUT2D eigenvalue weighted by atomic mass is 35.5. The molecule has 1 heterocycles. The summed E-state index contributed by atoms with van der Waals surface area (Å²) >= 11 is 12.4. The second kappa shape index (κ2) is 9.30. The molecule has 0 atom stereocenters. The van der Waals surface area contributed by atoms with Crippen molar-refractivity contribution in [2.75, 3.05) is 24.9 Å². The van der Waals surface area contributed by atoms with Crippen molar-refractivity contribution in [3.63, 3.8) is 0 Å². The fourth-order valence-electron chi connectivity index (χ4n) is 2.98. The molecular formula is C19H20Cl2N2O6S. The van der Waals surface area contributed by atoms with Gasteiger partial charge in [0.2, 0.25) is 0 Å². The highest BCUT2D eigenvalue weighted by molar-refractivity contribution is 7.90. The van der Waals surface area contributed by atoms with Gasteiger partial charge in [0.1, 0.15) is 11.5 Å². The van der Waals surface area contributed by atoms with Crippen molar-refractivity contribution in [2.24, 2.45) is 0 Å². The zero-order chi connectivity index (χ0) is 21.9. The summed E-state index contributed by atoms with van der Waals surface area (Å²) in [4.78, 5) is 11.7. The minimum absolute atomic E-state index is 0.0449. The average molecular weight is 475 g/mol. The largest absolute Gasteiger partial charge is 0.506 e. The van der Waals surface area contributed by atoms with Gasteiger partial charge in [-0.3, -0.25) is 4.72 Å². The number of nitrogens with one attached hydrogen (secondary N) is 1. The number of carbonyl (C=O) groups is 1. The Kier molecular flexibility index (Phi) is 6.97. The molecule has 2 aromatic carbocycles. The molecule has 162 valence electrons. The van der Waals surface area contributed by atoms with E-state index in [0.717, 1.165) is 19.3 Å². The third-order valence-corrected chi connectivity index (χ3v) is 6.59. The number of phenols is 1. The molecule has 30 heavy (non-hydrogen) atoms. The van der Waals surface area contributed by atoms with Gasteiger partial charge in [-0.2, -0.15) is 12.7 Å². The number of rotatable bonds is 6. The van der Waals surface area contributed by atoms with Gasteiger partial charge in [0, 0.05) is 19.2 Å². The summed E-state index contributed by atoms with van der Waals surface area (Å²) < 4.78 is 39.2. The number of benzene rings is 2. The molecule has 2 aromatic rings. The fourth-order valence-corrected chi connectivity index (χ4v) is 4.85. The third-order valence-electron chi connectivity index (χ3n) is 4.50. The number of phenolic OH excluding ortho intramolecular Hbond substituents is 1. The van der Waals surface area contributed by atoms with Crippen molar-refractivity contribution in [2.45, 2.75) is 19.3 Å². The maximum absolute atomic E-state index is 12.6. The van der Waals surface area contributed by atoms with E-state index in [2.05, 4.69) is 9.46 Å². The molecule has 0 aromatic heterocycles. The van der Waals surface area contributed by atoms with Gasteiger partial charge in [0.05, 0.1) is 28.4 Å². The topological polar surface area (TPSA) is 105 Å². The molecule has 0 radical (unpaired) electrons. The van der Waals surface area contributed by atoms with Crippen LogP contribution in [-0.4, -0.2) is 44.0 Å². The van der Waals surface area contributed by atoms with Gasteiger partial charge in [-0.25, -0.2) is 4.79 Å². The summed E-state index contributed by atoms with van der Waals surface area (Å²) in [6, 6.07) is 6.71. The number of esters is 1. The molecule has 0 amide bonds. The number of halogens is 2. The van der Waals surface area contributed by atoms with Crippen LogP contribution in [0.1, 0.15) is 29.6 Å². The maximum atomic E-state index is 12.6. The first-order valence-corrected chi connectivity index (χ1v) is 11.3. The Morgan fingerprint density at radius 2 is 1.73 bits per heavy atom. The predicted molar refractivity (Wildman–Crippen MR) is 114 cm³/mol. The zero-order valence-electron chi connectivity index (χ0n) is 16.0. The molecule has 11 heteroatoms. The van der Waals surface area contributed by atoms with E-state index in [1.54, 1.807) is 0 Å². The number of piperidine rings is 1. The quantitative estimate of drug-likeness (QED) is 0.474. The first-order valence-electron chi connectivity index (χ1n) is 9.07. The number of aromatic hydroxyl groups is 1. The van der Waals surface area contributed by atoms with E-state index in [9.17, 15) is 18.3 Å². The molecule has 0 saturated carbocycles. The zero-order valence-corrected chi connectivity index (χ0v) is 18.4. The lowest BCUT2D eigenvalue weighted by Crippen LogP contribution is -2.39. The van der Waals surface area contributed by atoms with Crippen molar-refractivity contribution >= 4 is 45.1 Å². The Hall–Kier alpha value is -2.20. The van der Waals surface area contributed by atoms with E-state index in [-0.39, 0.29) is 38.5 Å². The van der Waals surface area contributed by atoms with Crippen LogP contribution in [0, 0.1) is 0 Å². The summed E-state index contributed by atoms with van der Waals surface area (Å²) in [5.41, 5.74) is 0.108. The SMILES string of the molecule is COC(=O)c1cc(Cl)c(Oc2ccc(O)c(NS(=O)(=O)N3CCCCC3)c2)c(Cl)c1. The van der Waals surface area contributed by atoms with Crippen molar-refractivity contribution in [3.05, 3.63) is 45.9 Å². The van der Waals surface area contributed by atoms with E-state index in [1.807, 2.05) is 0 Å². The fraction of sp³-hybridized carbons (Fsp3) is 0.316. The number of nitrogens with zero attached hydrogens (tertiary/aromatic N) is 1. The number of methoxy groups -OCH3 is 1. The Morgan fingerprint density at radius 1 is 1.10 bits per heavy atom. The lowest BCUT2D eigenvalue weighted by Gasteiger charge is -2.26. The van der Waals surface area contributed by atoms with Gasteiger partial charge >= 0.3 is 16.2 Å². The van der Waals surface area contributed by atoms with Crippen LogP contribution in [0.25, 0.3) is 0 Å². The second-order valence-electron chi connectivity index (χ2n) is 6.61. The number of hydrogen-bond acceptors (Lipinski definition) is 6. The van der Waals surface area contributed by atoms with Crippen LogP contribution in [0.15, 0.2) is 30.3 Å². The molecule has 1 fully saturated rings. The van der Waals surface area contributed by atoms with Gasteiger partial charge in [-0.05, 0) is 37.1 Å². The molecular weight excluding hydrogens is 455 g/mol. The summed E-state index contributed by atoms with van der Waals surface area (Å²) in [5.74, 6) is -0.620.